The van der Waals surface area contributed by atoms with E-state index in [-0.39, 0.29) is 24.4 Å². The van der Waals surface area contributed by atoms with E-state index < -0.39 is 5.41 Å². The minimum absolute atomic E-state index is 0.0202. The predicted molar refractivity (Wildman–Crippen MR) is 83.3 cm³/mol. The maximum atomic E-state index is 12.5. The Morgan fingerprint density at radius 3 is 2.33 bits per heavy atom. The summed E-state index contributed by atoms with van der Waals surface area (Å²) < 4.78 is 0. The number of carbonyl (C=O) groups excluding carboxylic acids is 2. The van der Waals surface area contributed by atoms with Crippen LogP contribution in [0.4, 0.5) is 0 Å². The molecule has 0 spiro atoms. The van der Waals surface area contributed by atoms with Crippen LogP contribution in [0.5, 0.6) is 0 Å². The molecule has 1 aliphatic rings. The first kappa shape index (κ1) is 15.8. The molecule has 1 aliphatic carbocycles. The van der Waals surface area contributed by atoms with Gasteiger partial charge in [0.2, 0.25) is 11.8 Å². The number of benzene rings is 1. The third-order valence-electron chi connectivity index (χ3n) is 3.90. The summed E-state index contributed by atoms with van der Waals surface area (Å²) in [6.07, 6.45) is 2.65. The van der Waals surface area contributed by atoms with E-state index in [4.69, 9.17) is 11.6 Å². The summed E-state index contributed by atoms with van der Waals surface area (Å²) in [7, 11) is 0. The molecule has 2 rings (SSSR count). The van der Waals surface area contributed by atoms with Gasteiger partial charge in [0.15, 0.2) is 0 Å². The van der Waals surface area contributed by atoms with Crippen molar-refractivity contribution in [2.45, 2.75) is 44.6 Å². The number of hydrogen-bond acceptors (Lipinski definition) is 2. The molecule has 2 amide bonds. The molecule has 0 aromatic heterocycles. The Balaban J connectivity index is 2.02. The lowest BCUT2D eigenvalue weighted by molar-refractivity contribution is -0.132. The first-order chi connectivity index (χ1) is 9.94. The zero-order chi connectivity index (χ0) is 15.5. The van der Waals surface area contributed by atoms with Gasteiger partial charge in [-0.25, -0.2) is 0 Å². The van der Waals surface area contributed by atoms with Gasteiger partial charge in [0.1, 0.15) is 0 Å². The Kier molecular flexibility index (Phi) is 4.88. The summed E-state index contributed by atoms with van der Waals surface area (Å²) in [5, 5.41) is 6.18. The second-order valence-electron chi connectivity index (χ2n) is 5.85. The molecule has 0 saturated heterocycles. The van der Waals surface area contributed by atoms with Gasteiger partial charge in [0.05, 0.1) is 12.0 Å². The largest absolute Gasteiger partial charge is 0.352 e. The summed E-state index contributed by atoms with van der Waals surface area (Å²) in [4.78, 5) is 24.1. The van der Waals surface area contributed by atoms with Crippen LogP contribution in [0.1, 0.15) is 38.7 Å². The molecule has 0 aliphatic heterocycles. The minimum atomic E-state index is -0.497. The van der Waals surface area contributed by atoms with E-state index in [1.54, 1.807) is 12.1 Å². The van der Waals surface area contributed by atoms with Crippen molar-refractivity contribution in [3.8, 4) is 0 Å². The standard InChI is InChI=1S/C16H21ClN2O2/c1-11(2)19-14(20)10-18-15(21)16(8-3-9-16)12-4-6-13(17)7-5-12/h4-7,11H,3,8-10H2,1-2H3,(H,18,21)(H,19,20). The molecule has 1 fully saturated rings. The van der Waals surface area contributed by atoms with Gasteiger partial charge in [-0.3, -0.25) is 9.59 Å². The SMILES string of the molecule is CC(C)NC(=O)CNC(=O)C1(c2ccc(Cl)cc2)CCC1. The summed E-state index contributed by atoms with van der Waals surface area (Å²) in [5.41, 5.74) is 0.475. The second-order valence-corrected chi connectivity index (χ2v) is 6.28. The molecule has 0 unspecified atom stereocenters. The van der Waals surface area contributed by atoms with E-state index in [1.807, 2.05) is 26.0 Å². The van der Waals surface area contributed by atoms with E-state index in [0.29, 0.717) is 5.02 Å². The Morgan fingerprint density at radius 2 is 1.86 bits per heavy atom. The van der Waals surface area contributed by atoms with Gasteiger partial charge in [-0.2, -0.15) is 0 Å². The van der Waals surface area contributed by atoms with Gasteiger partial charge in [0.25, 0.3) is 0 Å². The lowest BCUT2D eigenvalue weighted by Gasteiger charge is -2.40. The highest BCUT2D eigenvalue weighted by Crippen LogP contribution is 2.44. The van der Waals surface area contributed by atoms with Gasteiger partial charge in [0, 0.05) is 11.1 Å². The molecular formula is C16H21ClN2O2. The summed E-state index contributed by atoms with van der Waals surface area (Å²) in [6, 6.07) is 7.47. The average Bonchev–Trinajstić information content (AvgIpc) is 2.36. The van der Waals surface area contributed by atoms with Gasteiger partial charge in [-0.15, -0.1) is 0 Å². The molecule has 114 valence electrons. The third kappa shape index (κ3) is 3.56. The van der Waals surface area contributed by atoms with Crippen LogP contribution in [-0.4, -0.2) is 24.4 Å². The quantitative estimate of drug-likeness (QED) is 0.877. The van der Waals surface area contributed by atoms with Crippen molar-refractivity contribution in [3.63, 3.8) is 0 Å². The Morgan fingerprint density at radius 1 is 1.24 bits per heavy atom. The van der Waals surface area contributed by atoms with Crippen LogP contribution in [0.2, 0.25) is 5.02 Å². The van der Waals surface area contributed by atoms with Crippen LogP contribution in [0.25, 0.3) is 0 Å². The average molecular weight is 309 g/mol. The van der Waals surface area contributed by atoms with Crippen molar-refractivity contribution in [2.75, 3.05) is 6.54 Å². The Labute approximate surface area is 130 Å². The van der Waals surface area contributed by atoms with Crippen LogP contribution < -0.4 is 10.6 Å². The van der Waals surface area contributed by atoms with Crippen molar-refractivity contribution in [1.29, 1.82) is 0 Å². The van der Waals surface area contributed by atoms with Crippen LogP contribution in [0.15, 0.2) is 24.3 Å². The maximum absolute atomic E-state index is 12.5. The molecule has 5 heteroatoms. The topological polar surface area (TPSA) is 58.2 Å². The predicted octanol–water partition coefficient (Wildman–Crippen LogP) is 2.40. The van der Waals surface area contributed by atoms with Gasteiger partial charge in [-0.1, -0.05) is 30.2 Å². The highest BCUT2D eigenvalue weighted by atomic mass is 35.5. The number of amides is 2. The molecule has 1 aromatic carbocycles. The van der Waals surface area contributed by atoms with Crippen molar-refractivity contribution in [3.05, 3.63) is 34.9 Å². The molecular weight excluding hydrogens is 288 g/mol. The highest BCUT2D eigenvalue weighted by Gasteiger charge is 2.45. The van der Waals surface area contributed by atoms with E-state index in [2.05, 4.69) is 10.6 Å². The molecule has 0 bridgehead atoms. The number of carbonyl (C=O) groups is 2. The van der Waals surface area contributed by atoms with Crippen LogP contribution >= 0.6 is 11.6 Å². The van der Waals surface area contributed by atoms with Crippen LogP contribution in [-0.2, 0) is 15.0 Å². The van der Waals surface area contributed by atoms with E-state index in [0.717, 1.165) is 24.8 Å². The molecule has 0 atom stereocenters. The summed E-state index contributed by atoms with van der Waals surface area (Å²) >= 11 is 5.90. The van der Waals surface area contributed by atoms with Crippen LogP contribution in [0, 0.1) is 0 Å². The van der Waals surface area contributed by atoms with Crippen molar-refractivity contribution >= 4 is 23.4 Å². The smallest absolute Gasteiger partial charge is 0.239 e. The molecule has 2 N–H and O–H groups in total. The normalized spacial score (nSPS) is 16.2. The molecule has 1 aromatic rings. The van der Waals surface area contributed by atoms with Crippen molar-refractivity contribution in [1.82, 2.24) is 10.6 Å². The molecule has 21 heavy (non-hydrogen) atoms. The van der Waals surface area contributed by atoms with Gasteiger partial charge < -0.3 is 10.6 Å². The fourth-order valence-electron chi connectivity index (χ4n) is 2.65. The van der Waals surface area contributed by atoms with Crippen molar-refractivity contribution < 1.29 is 9.59 Å². The Bertz CT molecular complexity index is 522. The van der Waals surface area contributed by atoms with Gasteiger partial charge >= 0.3 is 0 Å². The fourth-order valence-corrected chi connectivity index (χ4v) is 2.77. The fraction of sp³-hybridized carbons (Fsp3) is 0.500. The first-order valence-electron chi connectivity index (χ1n) is 7.28. The lowest BCUT2D eigenvalue weighted by Crippen LogP contribution is -2.51. The number of rotatable bonds is 5. The van der Waals surface area contributed by atoms with Crippen LogP contribution in [0.3, 0.4) is 0 Å². The number of nitrogens with one attached hydrogen (secondary N) is 2. The Hall–Kier alpha value is -1.55. The first-order valence-corrected chi connectivity index (χ1v) is 7.65. The van der Waals surface area contributed by atoms with E-state index in [9.17, 15) is 9.59 Å². The van der Waals surface area contributed by atoms with Gasteiger partial charge in [-0.05, 0) is 44.4 Å². The monoisotopic (exact) mass is 308 g/mol. The maximum Gasteiger partial charge on any atom is 0.239 e. The van der Waals surface area contributed by atoms with E-state index >= 15 is 0 Å². The summed E-state index contributed by atoms with van der Waals surface area (Å²) in [5.74, 6) is -0.237. The molecule has 0 heterocycles. The molecule has 0 radical (unpaired) electrons. The summed E-state index contributed by atoms with van der Waals surface area (Å²) in [6.45, 7) is 3.80. The second kappa shape index (κ2) is 6.48. The lowest BCUT2D eigenvalue weighted by atomic mass is 9.64. The minimum Gasteiger partial charge on any atom is -0.352 e. The number of hydrogen-bond donors (Lipinski definition) is 2. The van der Waals surface area contributed by atoms with Crippen molar-refractivity contribution in [2.24, 2.45) is 0 Å². The zero-order valence-electron chi connectivity index (χ0n) is 12.4. The molecule has 1 saturated carbocycles. The number of halogens is 1. The van der Waals surface area contributed by atoms with E-state index in [1.165, 1.54) is 0 Å². The third-order valence-corrected chi connectivity index (χ3v) is 4.15. The highest BCUT2D eigenvalue weighted by molar-refractivity contribution is 6.30. The molecule has 4 nitrogen and oxygen atoms in total. The zero-order valence-corrected chi connectivity index (χ0v) is 13.2.